The van der Waals surface area contributed by atoms with Crippen LogP contribution in [-0.4, -0.2) is 12.3 Å². The topological polar surface area (TPSA) is 29.1 Å². The maximum atomic E-state index is 12.3. The number of rotatable bonds is 6. The first-order chi connectivity index (χ1) is 8.83. The number of carbonyl (C=O) groups excluding carboxylic acids is 1. The molecule has 0 saturated carbocycles. The van der Waals surface area contributed by atoms with Crippen molar-refractivity contribution in [2.45, 2.75) is 52.0 Å². The Kier molecular flexibility index (Phi) is 4.94. The van der Waals surface area contributed by atoms with Crippen LogP contribution in [0.1, 0.15) is 60.5 Å². The lowest BCUT2D eigenvalue weighted by Gasteiger charge is -2.19. The molecule has 98 valence electrons. The van der Waals surface area contributed by atoms with Crippen molar-refractivity contribution < 1.29 is 4.79 Å². The summed E-state index contributed by atoms with van der Waals surface area (Å²) in [5.74, 6) is 0.338. The molecule has 2 nitrogen and oxygen atoms in total. The molecule has 0 bridgehead atoms. The Hall–Kier alpha value is -1.15. The van der Waals surface area contributed by atoms with Gasteiger partial charge in [-0.3, -0.25) is 4.79 Å². The predicted octanol–water partition coefficient (Wildman–Crippen LogP) is 3.49. The maximum absolute atomic E-state index is 12.3. The number of hydrogen-bond acceptors (Lipinski definition) is 2. The molecule has 1 aliphatic rings. The van der Waals surface area contributed by atoms with Crippen molar-refractivity contribution in [1.82, 2.24) is 5.32 Å². The van der Waals surface area contributed by atoms with Crippen LogP contribution in [0.4, 0.5) is 0 Å². The van der Waals surface area contributed by atoms with Crippen molar-refractivity contribution in [3.63, 3.8) is 0 Å². The van der Waals surface area contributed by atoms with Crippen LogP contribution in [0.5, 0.6) is 0 Å². The Balaban J connectivity index is 2.01. The lowest BCUT2D eigenvalue weighted by atomic mass is 9.91. The van der Waals surface area contributed by atoms with Gasteiger partial charge in [0.1, 0.15) is 0 Å². The average molecular weight is 245 g/mol. The second-order valence-electron chi connectivity index (χ2n) is 5.10. The number of unbranched alkanes of at least 4 members (excludes halogenated alkanes) is 3. The van der Waals surface area contributed by atoms with Crippen molar-refractivity contribution in [3.8, 4) is 0 Å². The van der Waals surface area contributed by atoms with Gasteiger partial charge in [0, 0.05) is 18.5 Å². The summed E-state index contributed by atoms with van der Waals surface area (Å²) in [5.41, 5.74) is 3.57. The van der Waals surface area contributed by atoms with E-state index in [4.69, 9.17) is 0 Å². The first kappa shape index (κ1) is 13.3. The smallest absolute Gasteiger partial charge is 0.163 e. The second kappa shape index (κ2) is 6.69. The van der Waals surface area contributed by atoms with Gasteiger partial charge < -0.3 is 5.32 Å². The van der Waals surface area contributed by atoms with Gasteiger partial charge in [0.05, 0.1) is 0 Å². The zero-order chi connectivity index (χ0) is 12.8. The van der Waals surface area contributed by atoms with Gasteiger partial charge in [0.15, 0.2) is 5.78 Å². The number of benzene rings is 1. The quantitative estimate of drug-likeness (QED) is 0.614. The third-order valence-corrected chi connectivity index (χ3v) is 3.70. The third kappa shape index (κ3) is 3.20. The number of hydrogen-bond donors (Lipinski definition) is 1. The van der Waals surface area contributed by atoms with Crippen molar-refractivity contribution >= 4 is 5.78 Å². The fourth-order valence-electron chi connectivity index (χ4n) is 2.64. The van der Waals surface area contributed by atoms with Gasteiger partial charge in [0.25, 0.3) is 0 Å². The highest BCUT2D eigenvalue weighted by Gasteiger charge is 2.16. The summed E-state index contributed by atoms with van der Waals surface area (Å²) < 4.78 is 0. The van der Waals surface area contributed by atoms with Gasteiger partial charge in [-0.05, 0) is 30.5 Å². The molecule has 0 radical (unpaired) electrons. The Morgan fingerprint density at radius 2 is 2.17 bits per heavy atom. The standard InChI is InChI=1S/C16H23NO/c1-2-3-4-5-9-16(18)15-8-6-7-13-12-17-11-10-14(13)15/h6-8,17H,2-5,9-12H2,1H3. The van der Waals surface area contributed by atoms with E-state index in [9.17, 15) is 4.79 Å². The van der Waals surface area contributed by atoms with Gasteiger partial charge in [0.2, 0.25) is 0 Å². The summed E-state index contributed by atoms with van der Waals surface area (Å²) in [5, 5.41) is 3.36. The Morgan fingerprint density at radius 1 is 1.28 bits per heavy atom. The number of nitrogens with one attached hydrogen (secondary N) is 1. The van der Waals surface area contributed by atoms with E-state index in [2.05, 4.69) is 18.3 Å². The van der Waals surface area contributed by atoms with Crippen LogP contribution in [0, 0.1) is 0 Å². The van der Waals surface area contributed by atoms with Gasteiger partial charge in [-0.25, -0.2) is 0 Å². The van der Waals surface area contributed by atoms with Crippen molar-refractivity contribution in [2.24, 2.45) is 0 Å². The van der Waals surface area contributed by atoms with Crippen molar-refractivity contribution in [1.29, 1.82) is 0 Å². The molecule has 1 aliphatic heterocycles. The van der Waals surface area contributed by atoms with Gasteiger partial charge in [-0.1, -0.05) is 44.4 Å². The molecule has 0 fully saturated rings. The minimum absolute atomic E-state index is 0.338. The molecule has 1 N–H and O–H groups in total. The maximum Gasteiger partial charge on any atom is 0.163 e. The number of ketones is 1. The molecule has 0 unspecified atom stereocenters. The SMILES string of the molecule is CCCCCCC(=O)c1cccc2c1CCNC2. The number of fused-ring (bicyclic) bond motifs is 1. The molecule has 2 heteroatoms. The zero-order valence-corrected chi connectivity index (χ0v) is 11.3. The largest absolute Gasteiger partial charge is 0.312 e. The van der Waals surface area contributed by atoms with Crippen LogP contribution in [0.3, 0.4) is 0 Å². The van der Waals surface area contributed by atoms with E-state index in [-0.39, 0.29) is 0 Å². The molecule has 1 heterocycles. The minimum atomic E-state index is 0.338. The molecular formula is C16H23NO. The van der Waals surface area contributed by atoms with Gasteiger partial charge in [-0.15, -0.1) is 0 Å². The molecular weight excluding hydrogens is 222 g/mol. The van der Waals surface area contributed by atoms with Crippen LogP contribution in [0.25, 0.3) is 0 Å². The average Bonchev–Trinajstić information content (AvgIpc) is 2.43. The summed E-state index contributed by atoms with van der Waals surface area (Å²) in [6, 6.07) is 6.16. The molecule has 0 amide bonds. The molecule has 18 heavy (non-hydrogen) atoms. The van der Waals surface area contributed by atoms with Crippen LogP contribution in [-0.2, 0) is 13.0 Å². The third-order valence-electron chi connectivity index (χ3n) is 3.70. The molecule has 2 rings (SSSR count). The molecule has 0 spiro atoms. The summed E-state index contributed by atoms with van der Waals surface area (Å²) in [4.78, 5) is 12.3. The summed E-state index contributed by atoms with van der Waals surface area (Å²) in [6.45, 7) is 4.10. The van der Waals surface area contributed by atoms with Crippen molar-refractivity contribution in [2.75, 3.05) is 6.54 Å². The monoisotopic (exact) mass is 245 g/mol. The van der Waals surface area contributed by atoms with Crippen LogP contribution >= 0.6 is 0 Å². The lowest BCUT2D eigenvalue weighted by Crippen LogP contribution is -2.25. The summed E-state index contributed by atoms with van der Waals surface area (Å²) >= 11 is 0. The highest BCUT2D eigenvalue weighted by Crippen LogP contribution is 2.20. The number of Topliss-reactive ketones (excluding diaryl/α,β-unsaturated/α-hetero) is 1. The lowest BCUT2D eigenvalue weighted by molar-refractivity contribution is 0.0978. The van der Waals surface area contributed by atoms with Gasteiger partial charge in [-0.2, -0.15) is 0 Å². The first-order valence-corrected chi connectivity index (χ1v) is 7.17. The van der Waals surface area contributed by atoms with Crippen LogP contribution < -0.4 is 5.32 Å². The van der Waals surface area contributed by atoms with Crippen molar-refractivity contribution in [3.05, 3.63) is 34.9 Å². The number of carbonyl (C=O) groups is 1. The molecule has 1 aromatic carbocycles. The summed E-state index contributed by atoms with van der Waals surface area (Å²) in [6.07, 6.45) is 6.38. The molecule has 0 atom stereocenters. The first-order valence-electron chi connectivity index (χ1n) is 7.17. The fourth-order valence-corrected chi connectivity index (χ4v) is 2.64. The molecule has 0 saturated heterocycles. The normalized spacial score (nSPS) is 14.3. The van der Waals surface area contributed by atoms with E-state index in [0.29, 0.717) is 12.2 Å². The second-order valence-corrected chi connectivity index (χ2v) is 5.10. The van der Waals surface area contributed by atoms with Gasteiger partial charge >= 0.3 is 0 Å². The molecule has 0 aromatic heterocycles. The fraction of sp³-hybridized carbons (Fsp3) is 0.562. The minimum Gasteiger partial charge on any atom is -0.312 e. The highest BCUT2D eigenvalue weighted by atomic mass is 16.1. The zero-order valence-electron chi connectivity index (χ0n) is 11.3. The highest BCUT2D eigenvalue weighted by molar-refractivity contribution is 5.97. The predicted molar refractivity (Wildman–Crippen MR) is 74.9 cm³/mol. The van der Waals surface area contributed by atoms with Crippen LogP contribution in [0.15, 0.2) is 18.2 Å². The Morgan fingerprint density at radius 3 is 3.00 bits per heavy atom. The van der Waals surface area contributed by atoms with E-state index in [0.717, 1.165) is 31.5 Å². The Labute approximate surface area is 110 Å². The van der Waals surface area contributed by atoms with E-state index in [1.54, 1.807) is 0 Å². The van der Waals surface area contributed by atoms with Crippen LogP contribution in [0.2, 0.25) is 0 Å². The van der Waals surface area contributed by atoms with E-state index >= 15 is 0 Å². The van der Waals surface area contributed by atoms with E-state index in [1.165, 1.54) is 30.4 Å². The molecule has 1 aromatic rings. The summed E-state index contributed by atoms with van der Waals surface area (Å²) in [7, 11) is 0. The van der Waals surface area contributed by atoms with E-state index < -0.39 is 0 Å². The Bertz CT molecular complexity index is 412. The van der Waals surface area contributed by atoms with E-state index in [1.807, 2.05) is 12.1 Å². The molecule has 0 aliphatic carbocycles.